The zero-order chi connectivity index (χ0) is 22.9. The molecule has 2 aromatic rings. The maximum absolute atomic E-state index is 12.1. The number of nitrogens with zero attached hydrogens (tertiary/aromatic N) is 2. The van der Waals surface area contributed by atoms with Gasteiger partial charge in [0.25, 0.3) is 11.8 Å². The number of hydrazone groups is 1. The fraction of sp³-hybridized carbons (Fsp3) is 0.286. The van der Waals surface area contributed by atoms with Gasteiger partial charge in [-0.05, 0) is 35.9 Å². The molecule has 1 saturated heterocycles. The zero-order valence-corrected chi connectivity index (χ0v) is 19.1. The van der Waals surface area contributed by atoms with Crippen LogP contribution in [0.5, 0.6) is 11.5 Å². The summed E-state index contributed by atoms with van der Waals surface area (Å²) in [6.45, 7) is 1.89. The lowest BCUT2D eigenvalue weighted by molar-refractivity contribution is -0.137. The van der Waals surface area contributed by atoms with Gasteiger partial charge in [-0.3, -0.25) is 9.59 Å². The SMILES string of the molecule is O=C(COc1cc(Cl)cc(Cl)c1Cl)N/N=C\c1ccc(OCC(=O)N2CCOCC2)cc1. The Morgan fingerprint density at radius 2 is 1.78 bits per heavy atom. The molecule has 0 saturated carbocycles. The minimum atomic E-state index is -0.491. The van der Waals surface area contributed by atoms with Crippen molar-refractivity contribution in [3.63, 3.8) is 0 Å². The summed E-state index contributed by atoms with van der Waals surface area (Å²) in [6, 6.07) is 9.85. The third-order valence-electron chi connectivity index (χ3n) is 4.33. The lowest BCUT2D eigenvalue weighted by atomic mass is 10.2. The Bertz CT molecular complexity index is 979. The van der Waals surface area contributed by atoms with E-state index < -0.39 is 5.91 Å². The van der Waals surface area contributed by atoms with Crippen LogP contribution in [-0.4, -0.2) is 62.4 Å². The lowest BCUT2D eigenvalue weighted by Gasteiger charge is -2.26. The van der Waals surface area contributed by atoms with Crippen LogP contribution in [0.3, 0.4) is 0 Å². The Labute approximate surface area is 200 Å². The monoisotopic (exact) mass is 499 g/mol. The van der Waals surface area contributed by atoms with Gasteiger partial charge in [-0.15, -0.1) is 0 Å². The second-order valence-corrected chi connectivity index (χ2v) is 7.85. The van der Waals surface area contributed by atoms with Crippen LogP contribution in [0, 0.1) is 0 Å². The van der Waals surface area contributed by atoms with Crippen LogP contribution in [-0.2, 0) is 14.3 Å². The van der Waals surface area contributed by atoms with Crippen molar-refractivity contribution < 1.29 is 23.8 Å². The molecule has 0 atom stereocenters. The highest BCUT2D eigenvalue weighted by Gasteiger charge is 2.17. The van der Waals surface area contributed by atoms with Gasteiger partial charge in [0.15, 0.2) is 13.2 Å². The van der Waals surface area contributed by atoms with E-state index in [2.05, 4.69) is 10.5 Å². The van der Waals surface area contributed by atoms with Crippen molar-refractivity contribution >= 4 is 52.8 Å². The molecule has 2 aromatic carbocycles. The Kier molecular flexibility index (Phi) is 8.99. The Morgan fingerprint density at radius 1 is 1.06 bits per heavy atom. The predicted molar refractivity (Wildman–Crippen MR) is 122 cm³/mol. The van der Waals surface area contributed by atoms with E-state index in [1.54, 1.807) is 29.2 Å². The van der Waals surface area contributed by atoms with E-state index >= 15 is 0 Å². The minimum absolute atomic E-state index is 0.0364. The van der Waals surface area contributed by atoms with Crippen LogP contribution < -0.4 is 14.9 Å². The van der Waals surface area contributed by atoms with Crippen molar-refractivity contribution in [3.05, 3.63) is 57.0 Å². The molecule has 0 aliphatic carbocycles. The molecule has 0 aromatic heterocycles. The first-order valence-electron chi connectivity index (χ1n) is 9.60. The fourth-order valence-electron chi connectivity index (χ4n) is 2.69. The molecule has 170 valence electrons. The average molecular weight is 501 g/mol. The molecule has 32 heavy (non-hydrogen) atoms. The van der Waals surface area contributed by atoms with Gasteiger partial charge in [-0.25, -0.2) is 5.43 Å². The molecule has 1 N–H and O–H groups in total. The predicted octanol–water partition coefficient (Wildman–Crippen LogP) is 3.41. The Hall–Kier alpha value is -2.52. The molecule has 1 aliphatic heterocycles. The molecule has 1 heterocycles. The van der Waals surface area contributed by atoms with E-state index in [4.69, 9.17) is 49.0 Å². The summed E-state index contributed by atoms with van der Waals surface area (Å²) in [7, 11) is 0. The highest BCUT2D eigenvalue weighted by Crippen LogP contribution is 2.35. The number of carbonyl (C=O) groups excluding carboxylic acids is 2. The molecule has 8 nitrogen and oxygen atoms in total. The highest BCUT2D eigenvalue weighted by molar-refractivity contribution is 6.44. The number of morpholine rings is 1. The van der Waals surface area contributed by atoms with Crippen LogP contribution in [0.1, 0.15) is 5.56 Å². The van der Waals surface area contributed by atoms with E-state index in [1.165, 1.54) is 18.3 Å². The molecular formula is C21H20Cl3N3O5. The summed E-state index contributed by atoms with van der Waals surface area (Å²) < 4.78 is 16.1. The Balaban J connectivity index is 1.41. The summed E-state index contributed by atoms with van der Waals surface area (Å²) in [5.41, 5.74) is 3.07. The first-order chi connectivity index (χ1) is 15.4. The third kappa shape index (κ3) is 7.27. The zero-order valence-electron chi connectivity index (χ0n) is 16.9. The van der Waals surface area contributed by atoms with Crippen molar-refractivity contribution in [2.45, 2.75) is 0 Å². The van der Waals surface area contributed by atoms with E-state index in [9.17, 15) is 9.59 Å². The van der Waals surface area contributed by atoms with Crippen molar-refractivity contribution in [2.75, 3.05) is 39.5 Å². The molecule has 1 fully saturated rings. The summed E-state index contributed by atoms with van der Waals surface area (Å²) in [5.74, 6) is 0.185. The highest BCUT2D eigenvalue weighted by atomic mass is 35.5. The number of rotatable bonds is 8. The van der Waals surface area contributed by atoms with Crippen LogP contribution in [0.25, 0.3) is 0 Å². The molecule has 0 unspecified atom stereocenters. The van der Waals surface area contributed by atoms with Crippen molar-refractivity contribution in [1.29, 1.82) is 0 Å². The van der Waals surface area contributed by atoms with Gasteiger partial charge in [0, 0.05) is 24.2 Å². The number of hydrogen-bond donors (Lipinski definition) is 1. The average Bonchev–Trinajstić information content (AvgIpc) is 2.80. The first-order valence-corrected chi connectivity index (χ1v) is 10.7. The van der Waals surface area contributed by atoms with E-state index in [-0.39, 0.29) is 34.9 Å². The quantitative estimate of drug-likeness (QED) is 0.341. The number of benzene rings is 2. The van der Waals surface area contributed by atoms with Gasteiger partial charge < -0.3 is 19.1 Å². The standard InChI is InChI=1S/C21H20Cl3N3O5/c22-15-9-17(23)21(24)18(10-15)32-12-19(28)26-25-11-14-1-3-16(4-2-14)31-13-20(29)27-5-7-30-8-6-27/h1-4,9-11H,5-8,12-13H2,(H,26,28)/b25-11-. The molecule has 0 spiro atoms. The second-order valence-electron chi connectivity index (χ2n) is 6.63. The maximum Gasteiger partial charge on any atom is 0.277 e. The largest absolute Gasteiger partial charge is 0.484 e. The van der Waals surface area contributed by atoms with Gasteiger partial charge >= 0.3 is 0 Å². The summed E-state index contributed by atoms with van der Waals surface area (Å²) in [4.78, 5) is 25.7. The van der Waals surface area contributed by atoms with Crippen LogP contribution in [0.15, 0.2) is 41.5 Å². The number of ether oxygens (including phenoxy) is 3. The summed E-state index contributed by atoms with van der Waals surface area (Å²) in [6.07, 6.45) is 1.46. The molecule has 11 heteroatoms. The number of hydrogen-bond acceptors (Lipinski definition) is 6. The molecule has 0 bridgehead atoms. The smallest absolute Gasteiger partial charge is 0.277 e. The topological polar surface area (TPSA) is 89.5 Å². The summed E-state index contributed by atoms with van der Waals surface area (Å²) >= 11 is 17.8. The number of halogens is 3. The number of carbonyl (C=O) groups is 2. The van der Waals surface area contributed by atoms with Crippen LogP contribution in [0.4, 0.5) is 0 Å². The number of nitrogens with one attached hydrogen (secondary N) is 1. The van der Waals surface area contributed by atoms with Gasteiger partial charge in [-0.2, -0.15) is 5.10 Å². The maximum atomic E-state index is 12.1. The van der Waals surface area contributed by atoms with Crippen molar-refractivity contribution in [2.24, 2.45) is 5.10 Å². The van der Waals surface area contributed by atoms with Gasteiger partial charge in [0.2, 0.25) is 0 Å². The third-order valence-corrected chi connectivity index (χ3v) is 5.33. The van der Waals surface area contributed by atoms with E-state index in [0.717, 1.165) is 5.56 Å². The first kappa shape index (κ1) is 24.1. The number of amides is 2. The molecule has 0 radical (unpaired) electrons. The minimum Gasteiger partial charge on any atom is -0.484 e. The van der Waals surface area contributed by atoms with Crippen molar-refractivity contribution in [1.82, 2.24) is 10.3 Å². The molecule has 1 aliphatic rings. The molecule has 3 rings (SSSR count). The fourth-order valence-corrected chi connectivity index (χ4v) is 3.33. The van der Waals surface area contributed by atoms with Crippen LogP contribution in [0.2, 0.25) is 15.1 Å². The van der Waals surface area contributed by atoms with Crippen LogP contribution >= 0.6 is 34.8 Å². The molecule has 2 amide bonds. The van der Waals surface area contributed by atoms with Gasteiger partial charge in [0.1, 0.15) is 16.5 Å². The molecular weight excluding hydrogens is 481 g/mol. The lowest BCUT2D eigenvalue weighted by Crippen LogP contribution is -2.42. The second kappa shape index (κ2) is 11.9. The summed E-state index contributed by atoms with van der Waals surface area (Å²) in [5, 5.41) is 4.61. The normalized spacial score (nSPS) is 13.8. The van der Waals surface area contributed by atoms with E-state index in [0.29, 0.717) is 37.1 Å². The van der Waals surface area contributed by atoms with E-state index in [1.807, 2.05) is 0 Å². The van der Waals surface area contributed by atoms with Gasteiger partial charge in [0.05, 0.1) is 24.5 Å². The van der Waals surface area contributed by atoms with Gasteiger partial charge in [-0.1, -0.05) is 34.8 Å². The van der Waals surface area contributed by atoms with Crippen molar-refractivity contribution in [3.8, 4) is 11.5 Å². The Morgan fingerprint density at radius 3 is 2.50 bits per heavy atom.